The number of nitrogens with one attached hydrogen (secondary N) is 1. The number of nitrogens with zero attached hydrogens (tertiary/aromatic N) is 1. The lowest BCUT2D eigenvalue weighted by atomic mass is 9.92. The number of carbonyl (C=O) groups is 1. The molecular weight excluding hydrogens is 244 g/mol. The molecule has 0 fully saturated rings. The molecular formula is C14H16N2O3. The van der Waals surface area contributed by atoms with Crippen LogP contribution in [-0.4, -0.2) is 15.7 Å². The van der Waals surface area contributed by atoms with Crippen LogP contribution in [0.4, 0.5) is 5.69 Å². The molecule has 100 valence electrons. The third kappa shape index (κ3) is 2.23. The Morgan fingerprint density at radius 3 is 2.63 bits per heavy atom. The maximum Gasteiger partial charge on any atom is 0.279 e. The summed E-state index contributed by atoms with van der Waals surface area (Å²) in [6.07, 6.45) is 3.06. The molecule has 0 aliphatic rings. The quantitative estimate of drug-likeness (QED) is 0.506. The van der Waals surface area contributed by atoms with Crippen LogP contribution in [0.1, 0.15) is 37.0 Å². The van der Waals surface area contributed by atoms with Crippen molar-refractivity contribution in [2.24, 2.45) is 5.92 Å². The lowest BCUT2D eigenvalue weighted by molar-refractivity contribution is -0.383. The number of nitro benzene ring substituents is 1. The van der Waals surface area contributed by atoms with Crippen LogP contribution in [0, 0.1) is 16.0 Å². The molecule has 0 bridgehead atoms. The topological polar surface area (TPSA) is 76.0 Å². The van der Waals surface area contributed by atoms with E-state index in [4.69, 9.17) is 0 Å². The van der Waals surface area contributed by atoms with E-state index in [-0.39, 0.29) is 17.4 Å². The van der Waals surface area contributed by atoms with Crippen molar-refractivity contribution in [1.82, 2.24) is 4.98 Å². The highest BCUT2D eigenvalue weighted by molar-refractivity contribution is 6.11. The van der Waals surface area contributed by atoms with Crippen molar-refractivity contribution >= 4 is 22.4 Å². The standard InChI is InChI=1S/C14H16N2O3/c1-3-9(4-2)14(17)10-8-15-11-6-5-7-12(13(10)11)16(18)19/h5-9,15H,3-4H2,1-2H3. The molecule has 0 aliphatic carbocycles. The van der Waals surface area contributed by atoms with Gasteiger partial charge in [-0.1, -0.05) is 19.9 Å². The van der Waals surface area contributed by atoms with Gasteiger partial charge in [0.05, 0.1) is 21.4 Å². The minimum Gasteiger partial charge on any atom is -0.360 e. The van der Waals surface area contributed by atoms with E-state index in [1.807, 2.05) is 13.8 Å². The van der Waals surface area contributed by atoms with Crippen LogP contribution in [0.25, 0.3) is 10.9 Å². The summed E-state index contributed by atoms with van der Waals surface area (Å²) in [4.78, 5) is 26.0. The number of nitro groups is 1. The Labute approximate surface area is 110 Å². The molecule has 19 heavy (non-hydrogen) atoms. The summed E-state index contributed by atoms with van der Waals surface area (Å²) >= 11 is 0. The number of rotatable bonds is 5. The summed E-state index contributed by atoms with van der Waals surface area (Å²) in [6.45, 7) is 3.91. The van der Waals surface area contributed by atoms with E-state index in [2.05, 4.69) is 4.98 Å². The van der Waals surface area contributed by atoms with Crippen molar-refractivity contribution in [3.8, 4) is 0 Å². The molecule has 5 heteroatoms. The molecule has 0 radical (unpaired) electrons. The van der Waals surface area contributed by atoms with E-state index in [0.717, 1.165) is 12.8 Å². The van der Waals surface area contributed by atoms with Gasteiger partial charge >= 0.3 is 0 Å². The molecule has 0 unspecified atom stereocenters. The van der Waals surface area contributed by atoms with Crippen LogP contribution in [-0.2, 0) is 0 Å². The Morgan fingerprint density at radius 2 is 2.05 bits per heavy atom. The number of ketones is 1. The average molecular weight is 260 g/mol. The van der Waals surface area contributed by atoms with E-state index in [0.29, 0.717) is 16.5 Å². The second kappa shape index (κ2) is 5.22. The molecule has 1 heterocycles. The van der Waals surface area contributed by atoms with Crippen molar-refractivity contribution in [1.29, 1.82) is 0 Å². The minimum atomic E-state index is -0.445. The van der Waals surface area contributed by atoms with Gasteiger partial charge in [0.15, 0.2) is 5.78 Å². The van der Waals surface area contributed by atoms with E-state index < -0.39 is 4.92 Å². The minimum absolute atomic E-state index is 0.0203. The van der Waals surface area contributed by atoms with Crippen LogP contribution in [0.5, 0.6) is 0 Å². The van der Waals surface area contributed by atoms with Gasteiger partial charge < -0.3 is 4.98 Å². The van der Waals surface area contributed by atoms with Crippen molar-refractivity contribution in [3.05, 3.63) is 40.1 Å². The average Bonchev–Trinajstić information content (AvgIpc) is 2.83. The Kier molecular flexibility index (Phi) is 3.64. The van der Waals surface area contributed by atoms with Crippen LogP contribution >= 0.6 is 0 Å². The number of aromatic nitrogens is 1. The molecule has 2 aromatic rings. The van der Waals surface area contributed by atoms with Crippen LogP contribution in [0.3, 0.4) is 0 Å². The number of aromatic amines is 1. The first-order valence-corrected chi connectivity index (χ1v) is 6.38. The third-order valence-corrected chi connectivity index (χ3v) is 3.50. The number of fused-ring (bicyclic) bond motifs is 1. The number of Topliss-reactive ketones (excluding diaryl/α,β-unsaturated/α-hetero) is 1. The van der Waals surface area contributed by atoms with Crippen LogP contribution in [0.2, 0.25) is 0 Å². The van der Waals surface area contributed by atoms with Gasteiger partial charge in [0.25, 0.3) is 5.69 Å². The largest absolute Gasteiger partial charge is 0.360 e. The van der Waals surface area contributed by atoms with Gasteiger partial charge in [-0.25, -0.2) is 0 Å². The summed E-state index contributed by atoms with van der Waals surface area (Å²) < 4.78 is 0. The Hall–Kier alpha value is -2.17. The lowest BCUT2D eigenvalue weighted by Crippen LogP contribution is -2.12. The second-order valence-corrected chi connectivity index (χ2v) is 4.54. The fourth-order valence-electron chi connectivity index (χ4n) is 2.39. The molecule has 5 nitrogen and oxygen atoms in total. The second-order valence-electron chi connectivity index (χ2n) is 4.54. The maximum atomic E-state index is 12.4. The molecule has 0 saturated heterocycles. The van der Waals surface area contributed by atoms with E-state index in [1.165, 1.54) is 6.07 Å². The highest BCUT2D eigenvalue weighted by Gasteiger charge is 2.24. The van der Waals surface area contributed by atoms with Crippen LogP contribution in [0.15, 0.2) is 24.4 Å². The summed E-state index contributed by atoms with van der Waals surface area (Å²) in [5.41, 5.74) is 1.03. The van der Waals surface area contributed by atoms with Gasteiger partial charge in [-0.15, -0.1) is 0 Å². The van der Waals surface area contributed by atoms with Gasteiger partial charge in [-0.3, -0.25) is 14.9 Å². The highest BCUT2D eigenvalue weighted by Crippen LogP contribution is 2.30. The van der Waals surface area contributed by atoms with Gasteiger partial charge in [0.2, 0.25) is 0 Å². The Morgan fingerprint density at radius 1 is 1.37 bits per heavy atom. The normalized spacial score (nSPS) is 11.1. The van der Waals surface area contributed by atoms with Crippen molar-refractivity contribution in [2.45, 2.75) is 26.7 Å². The molecule has 0 spiro atoms. The molecule has 0 aliphatic heterocycles. The lowest BCUT2D eigenvalue weighted by Gasteiger charge is -2.09. The highest BCUT2D eigenvalue weighted by atomic mass is 16.6. The van der Waals surface area contributed by atoms with Crippen LogP contribution < -0.4 is 0 Å². The van der Waals surface area contributed by atoms with E-state index in [1.54, 1.807) is 18.3 Å². The number of benzene rings is 1. The zero-order valence-electron chi connectivity index (χ0n) is 11.0. The van der Waals surface area contributed by atoms with Crippen molar-refractivity contribution in [2.75, 3.05) is 0 Å². The zero-order valence-corrected chi connectivity index (χ0v) is 11.0. The van der Waals surface area contributed by atoms with Gasteiger partial charge in [0, 0.05) is 18.2 Å². The van der Waals surface area contributed by atoms with Gasteiger partial charge in [-0.2, -0.15) is 0 Å². The van der Waals surface area contributed by atoms with E-state index in [9.17, 15) is 14.9 Å². The first kappa shape index (κ1) is 13.3. The Balaban J connectivity index is 2.62. The third-order valence-electron chi connectivity index (χ3n) is 3.50. The molecule has 1 aromatic carbocycles. The monoisotopic (exact) mass is 260 g/mol. The summed E-state index contributed by atoms with van der Waals surface area (Å²) in [5, 5.41) is 11.5. The SMILES string of the molecule is CCC(CC)C(=O)c1c[nH]c2cccc([N+](=O)[O-])c12. The molecule has 1 N–H and O–H groups in total. The smallest absolute Gasteiger partial charge is 0.279 e. The summed E-state index contributed by atoms with van der Waals surface area (Å²) in [7, 11) is 0. The molecule has 0 amide bonds. The summed E-state index contributed by atoms with van der Waals surface area (Å²) in [5.74, 6) is -0.107. The predicted molar refractivity (Wildman–Crippen MR) is 73.4 cm³/mol. The maximum absolute atomic E-state index is 12.4. The fraction of sp³-hybridized carbons (Fsp3) is 0.357. The number of hydrogen-bond acceptors (Lipinski definition) is 3. The van der Waals surface area contributed by atoms with Gasteiger partial charge in [0.1, 0.15) is 0 Å². The molecule has 2 rings (SSSR count). The number of non-ortho nitro benzene ring substituents is 1. The number of H-pyrrole nitrogens is 1. The van der Waals surface area contributed by atoms with Gasteiger partial charge in [-0.05, 0) is 18.9 Å². The Bertz CT molecular complexity index is 627. The molecule has 0 saturated carbocycles. The first-order valence-electron chi connectivity index (χ1n) is 6.38. The molecule has 0 atom stereocenters. The predicted octanol–water partition coefficient (Wildman–Crippen LogP) is 3.70. The molecule has 1 aromatic heterocycles. The fourth-order valence-corrected chi connectivity index (χ4v) is 2.39. The first-order chi connectivity index (χ1) is 9.10. The zero-order chi connectivity index (χ0) is 14.0. The van der Waals surface area contributed by atoms with E-state index >= 15 is 0 Å². The number of hydrogen-bond donors (Lipinski definition) is 1. The number of carbonyl (C=O) groups excluding carboxylic acids is 1. The van der Waals surface area contributed by atoms with Crippen molar-refractivity contribution in [3.63, 3.8) is 0 Å². The summed E-state index contributed by atoms with van der Waals surface area (Å²) in [6, 6.07) is 4.79. The van der Waals surface area contributed by atoms with Crippen molar-refractivity contribution < 1.29 is 9.72 Å².